The second-order valence-electron chi connectivity index (χ2n) is 10.2. The average molecular weight is 489 g/mol. The zero-order valence-corrected chi connectivity index (χ0v) is 21.6. The molecule has 4 nitrogen and oxygen atoms in total. The summed E-state index contributed by atoms with van der Waals surface area (Å²) in [4.78, 5) is 2.46. The molecule has 5 rings (SSSR count). The summed E-state index contributed by atoms with van der Waals surface area (Å²) in [5, 5.41) is 3.47. The summed E-state index contributed by atoms with van der Waals surface area (Å²) in [6, 6.07) is 19.1. The maximum atomic E-state index is 14.1. The van der Waals surface area contributed by atoms with E-state index in [0.717, 1.165) is 55.2 Å². The van der Waals surface area contributed by atoms with E-state index in [-0.39, 0.29) is 5.82 Å². The van der Waals surface area contributed by atoms with Gasteiger partial charge in [0.05, 0.1) is 14.2 Å². The van der Waals surface area contributed by atoms with Gasteiger partial charge in [0, 0.05) is 23.8 Å². The minimum absolute atomic E-state index is 0.151. The minimum Gasteiger partial charge on any atom is -0.493 e. The number of hydrogen-bond donors (Lipinski definition) is 1. The fourth-order valence-corrected chi connectivity index (χ4v) is 5.59. The van der Waals surface area contributed by atoms with Crippen LogP contribution in [0.5, 0.6) is 11.5 Å². The average Bonchev–Trinajstić information content (AvgIpc) is 2.88. The second kappa shape index (κ2) is 10.9. The highest BCUT2D eigenvalue weighted by Crippen LogP contribution is 2.46. The Balaban J connectivity index is 1.48. The van der Waals surface area contributed by atoms with Crippen LogP contribution in [0.4, 0.5) is 10.1 Å². The van der Waals surface area contributed by atoms with Crippen molar-refractivity contribution in [2.75, 3.05) is 32.2 Å². The Kier molecular flexibility index (Phi) is 7.47. The van der Waals surface area contributed by atoms with Crippen molar-refractivity contribution in [1.29, 1.82) is 0 Å². The summed E-state index contributed by atoms with van der Waals surface area (Å²) in [6.07, 6.45) is 5.83. The van der Waals surface area contributed by atoms with Crippen LogP contribution in [-0.4, -0.2) is 33.4 Å². The number of piperidine rings is 1. The Morgan fingerprint density at radius 3 is 2.39 bits per heavy atom. The highest BCUT2D eigenvalue weighted by molar-refractivity contribution is 5.70. The molecule has 0 amide bonds. The molecule has 5 heteroatoms. The van der Waals surface area contributed by atoms with E-state index in [2.05, 4.69) is 46.6 Å². The van der Waals surface area contributed by atoms with E-state index in [0.29, 0.717) is 17.5 Å². The van der Waals surface area contributed by atoms with Gasteiger partial charge in [-0.3, -0.25) is 0 Å². The SMILES string of the molecule is COc1cc(-c2cccc(CN(c3ccc(F)c(C)c3)C3CCNCC3)c2)cc(C2CCC2)c1OC. The van der Waals surface area contributed by atoms with Crippen molar-refractivity contribution >= 4 is 5.69 Å². The first-order valence-electron chi connectivity index (χ1n) is 13.2. The van der Waals surface area contributed by atoms with Crippen molar-refractivity contribution in [3.63, 3.8) is 0 Å². The fraction of sp³-hybridized carbons (Fsp3) is 0.419. The fourth-order valence-electron chi connectivity index (χ4n) is 5.59. The molecule has 0 atom stereocenters. The maximum Gasteiger partial charge on any atom is 0.164 e. The van der Waals surface area contributed by atoms with Crippen LogP contribution < -0.4 is 19.7 Å². The van der Waals surface area contributed by atoms with E-state index in [9.17, 15) is 4.39 Å². The number of nitrogens with one attached hydrogen (secondary N) is 1. The molecular formula is C31H37FN2O2. The number of rotatable bonds is 8. The third-order valence-electron chi connectivity index (χ3n) is 7.89. The molecule has 1 heterocycles. The quantitative estimate of drug-likeness (QED) is 0.376. The molecule has 1 aliphatic carbocycles. The molecule has 3 aromatic carbocycles. The van der Waals surface area contributed by atoms with Gasteiger partial charge in [-0.1, -0.05) is 24.6 Å². The highest BCUT2D eigenvalue weighted by Gasteiger charge is 2.26. The molecule has 0 aromatic heterocycles. The first-order chi connectivity index (χ1) is 17.6. The van der Waals surface area contributed by atoms with Gasteiger partial charge >= 0.3 is 0 Å². The van der Waals surface area contributed by atoms with E-state index in [4.69, 9.17) is 9.47 Å². The minimum atomic E-state index is -0.151. The molecule has 36 heavy (non-hydrogen) atoms. The number of ether oxygens (including phenoxy) is 2. The summed E-state index contributed by atoms with van der Waals surface area (Å²) < 4.78 is 25.6. The molecule has 1 saturated heterocycles. The van der Waals surface area contributed by atoms with Crippen LogP contribution in [0.2, 0.25) is 0 Å². The third-order valence-corrected chi connectivity index (χ3v) is 7.89. The van der Waals surface area contributed by atoms with Gasteiger partial charge in [-0.15, -0.1) is 0 Å². The lowest BCUT2D eigenvalue weighted by Crippen LogP contribution is -2.43. The Morgan fingerprint density at radius 1 is 0.917 bits per heavy atom. The molecule has 2 fully saturated rings. The van der Waals surface area contributed by atoms with Crippen LogP contribution in [0.1, 0.15) is 54.7 Å². The summed E-state index contributed by atoms with van der Waals surface area (Å²) in [5.41, 5.74) is 6.60. The Bertz CT molecular complexity index is 1200. The lowest BCUT2D eigenvalue weighted by Gasteiger charge is -2.37. The van der Waals surface area contributed by atoms with Crippen molar-refractivity contribution < 1.29 is 13.9 Å². The van der Waals surface area contributed by atoms with Crippen molar-refractivity contribution in [2.45, 2.75) is 57.5 Å². The Morgan fingerprint density at radius 2 is 1.72 bits per heavy atom. The van der Waals surface area contributed by atoms with Gasteiger partial charge in [0.2, 0.25) is 0 Å². The Hall–Kier alpha value is -3.05. The Labute approximate surface area is 214 Å². The van der Waals surface area contributed by atoms with Crippen molar-refractivity contribution in [3.8, 4) is 22.6 Å². The maximum absolute atomic E-state index is 14.1. The van der Waals surface area contributed by atoms with E-state index in [1.807, 2.05) is 19.1 Å². The molecule has 2 aliphatic rings. The van der Waals surface area contributed by atoms with Gasteiger partial charge in [0.25, 0.3) is 0 Å². The zero-order valence-electron chi connectivity index (χ0n) is 21.6. The topological polar surface area (TPSA) is 33.7 Å². The third kappa shape index (κ3) is 5.08. The largest absolute Gasteiger partial charge is 0.493 e. The number of aryl methyl sites for hydroxylation is 1. The molecule has 1 N–H and O–H groups in total. The first kappa shape index (κ1) is 24.6. The molecule has 3 aromatic rings. The number of nitrogens with zero attached hydrogens (tertiary/aromatic N) is 1. The van der Waals surface area contributed by atoms with Gasteiger partial charge < -0.3 is 19.7 Å². The highest BCUT2D eigenvalue weighted by atomic mass is 19.1. The zero-order chi connectivity index (χ0) is 25.1. The van der Waals surface area contributed by atoms with Crippen molar-refractivity contribution in [3.05, 3.63) is 77.1 Å². The predicted octanol–water partition coefficient (Wildman–Crippen LogP) is 6.84. The van der Waals surface area contributed by atoms with E-state index < -0.39 is 0 Å². The van der Waals surface area contributed by atoms with Crippen LogP contribution >= 0.6 is 0 Å². The lowest BCUT2D eigenvalue weighted by atomic mass is 9.78. The number of methoxy groups -OCH3 is 2. The molecule has 0 unspecified atom stereocenters. The molecule has 0 spiro atoms. The van der Waals surface area contributed by atoms with Gasteiger partial charge in [-0.25, -0.2) is 4.39 Å². The van der Waals surface area contributed by atoms with E-state index >= 15 is 0 Å². The second-order valence-corrected chi connectivity index (χ2v) is 10.2. The van der Waals surface area contributed by atoms with Crippen LogP contribution in [0, 0.1) is 12.7 Å². The predicted molar refractivity (Wildman–Crippen MR) is 145 cm³/mol. The standard InChI is InChI=1S/C31H37FN2O2/c1-21-16-27(10-11-29(21)32)34(26-12-14-33-15-13-26)20-22-6-4-9-24(17-22)25-18-28(23-7-5-8-23)31(36-3)30(19-25)35-2/h4,6,9-11,16-19,23,26,33H,5,7-8,12-15,20H2,1-3H3. The van der Waals surface area contributed by atoms with Crippen molar-refractivity contribution in [2.24, 2.45) is 0 Å². The van der Waals surface area contributed by atoms with Gasteiger partial charge in [-0.05, 0) is 110 Å². The molecule has 190 valence electrons. The van der Waals surface area contributed by atoms with Crippen LogP contribution in [-0.2, 0) is 6.54 Å². The van der Waals surface area contributed by atoms with Gasteiger partial charge in [-0.2, -0.15) is 0 Å². The van der Waals surface area contributed by atoms with Crippen LogP contribution in [0.15, 0.2) is 54.6 Å². The summed E-state index contributed by atoms with van der Waals surface area (Å²) in [7, 11) is 3.44. The van der Waals surface area contributed by atoms with Gasteiger partial charge in [0.1, 0.15) is 5.82 Å². The summed E-state index contributed by atoms with van der Waals surface area (Å²) in [5.74, 6) is 2.04. The van der Waals surface area contributed by atoms with E-state index in [1.54, 1.807) is 20.3 Å². The van der Waals surface area contributed by atoms with Gasteiger partial charge in [0.15, 0.2) is 11.5 Å². The summed E-state index contributed by atoms with van der Waals surface area (Å²) in [6.45, 7) is 4.65. The lowest BCUT2D eigenvalue weighted by molar-refractivity contribution is 0.337. The summed E-state index contributed by atoms with van der Waals surface area (Å²) >= 11 is 0. The molecular weight excluding hydrogens is 451 g/mol. The molecule has 0 radical (unpaired) electrons. The van der Waals surface area contributed by atoms with Crippen LogP contribution in [0.25, 0.3) is 11.1 Å². The normalized spacial score (nSPS) is 16.4. The molecule has 0 bridgehead atoms. The smallest absolute Gasteiger partial charge is 0.164 e. The number of halogens is 1. The van der Waals surface area contributed by atoms with Crippen LogP contribution in [0.3, 0.4) is 0 Å². The monoisotopic (exact) mass is 488 g/mol. The number of anilines is 1. The van der Waals surface area contributed by atoms with Crippen molar-refractivity contribution in [1.82, 2.24) is 5.32 Å². The number of hydrogen-bond acceptors (Lipinski definition) is 4. The van der Waals surface area contributed by atoms with E-state index in [1.165, 1.54) is 36.0 Å². The molecule has 1 aliphatic heterocycles. The molecule has 1 saturated carbocycles. The first-order valence-corrected chi connectivity index (χ1v) is 13.2. The number of benzene rings is 3.